The predicted octanol–water partition coefficient (Wildman–Crippen LogP) is 10.9. The summed E-state index contributed by atoms with van der Waals surface area (Å²) in [7, 11) is 0. The van der Waals surface area contributed by atoms with Crippen molar-refractivity contribution in [1.82, 2.24) is 4.90 Å². The number of ether oxygens (including phenoxy) is 1. The molecule has 0 saturated carbocycles. The summed E-state index contributed by atoms with van der Waals surface area (Å²) in [6.45, 7) is 11.0. The van der Waals surface area contributed by atoms with E-state index in [0.717, 1.165) is 31.5 Å². The highest BCUT2D eigenvalue weighted by Gasteiger charge is 2.24. The summed E-state index contributed by atoms with van der Waals surface area (Å²) in [6, 6.07) is 19.1. The molecule has 0 radical (unpaired) electrons. The molecule has 3 rings (SSSR count). The largest absolute Gasteiger partial charge is 0.444 e. The van der Waals surface area contributed by atoms with Gasteiger partial charge in [0.05, 0.1) is 0 Å². The smallest absolute Gasteiger partial charge is 0.410 e. The van der Waals surface area contributed by atoms with Crippen molar-refractivity contribution >= 4 is 27.6 Å². The molecule has 0 heterocycles. The van der Waals surface area contributed by atoms with Crippen LogP contribution >= 0.6 is 0 Å². The van der Waals surface area contributed by atoms with Gasteiger partial charge in [0.25, 0.3) is 0 Å². The Morgan fingerprint density at radius 2 is 1.15 bits per heavy atom. The summed E-state index contributed by atoms with van der Waals surface area (Å²) in [5, 5.41) is 4.72. The third kappa shape index (κ3) is 9.55. The van der Waals surface area contributed by atoms with Crippen LogP contribution in [0, 0.1) is 11.8 Å². The Balaban J connectivity index is 1.82. The van der Waals surface area contributed by atoms with E-state index in [9.17, 15) is 4.79 Å². The molecule has 39 heavy (non-hydrogen) atoms. The van der Waals surface area contributed by atoms with Crippen molar-refractivity contribution in [3.63, 3.8) is 0 Å². The average molecular weight is 532 g/mol. The van der Waals surface area contributed by atoms with Crippen molar-refractivity contribution in [2.75, 3.05) is 13.1 Å². The normalized spacial score (nSPS) is 13.0. The Morgan fingerprint density at radius 3 is 1.62 bits per heavy atom. The van der Waals surface area contributed by atoms with Crippen molar-refractivity contribution in [2.45, 2.75) is 111 Å². The van der Waals surface area contributed by atoms with Crippen LogP contribution < -0.4 is 0 Å². The van der Waals surface area contributed by atoms with Gasteiger partial charge in [0.15, 0.2) is 0 Å². The van der Waals surface area contributed by atoms with Crippen LogP contribution in [0.5, 0.6) is 0 Å². The number of hydrogen-bond donors (Lipinski definition) is 0. The fraction of sp³-hybridized carbons (Fsp3) is 0.583. The molecule has 3 aromatic rings. The minimum absolute atomic E-state index is 0.139. The molecule has 0 fully saturated rings. The van der Waals surface area contributed by atoms with Gasteiger partial charge in [-0.1, -0.05) is 128 Å². The van der Waals surface area contributed by atoms with Crippen LogP contribution in [-0.4, -0.2) is 24.1 Å². The Kier molecular flexibility index (Phi) is 13.7. The highest BCUT2D eigenvalue weighted by molar-refractivity contribution is 6.02. The number of fused-ring (bicyclic) bond motifs is 2. The fourth-order valence-corrected chi connectivity index (χ4v) is 6.17. The van der Waals surface area contributed by atoms with E-state index in [1.165, 1.54) is 85.8 Å². The van der Waals surface area contributed by atoms with E-state index in [1.807, 2.05) is 0 Å². The summed E-state index contributed by atoms with van der Waals surface area (Å²) < 4.78 is 6.20. The summed E-state index contributed by atoms with van der Waals surface area (Å²) in [6.07, 6.45) is 14.5. The van der Waals surface area contributed by atoms with Crippen molar-refractivity contribution in [3.8, 4) is 0 Å². The Morgan fingerprint density at radius 1 is 0.667 bits per heavy atom. The van der Waals surface area contributed by atoms with Crippen LogP contribution in [0.1, 0.15) is 110 Å². The predicted molar refractivity (Wildman–Crippen MR) is 168 cm³/mol. The molecular formula is C36H53NO2. The molecule has 3 heteroatoms. The van der Waals surface area contributed by atoms with Gasteiger partial charge in [-0.2, -0.15) is 0 Å². The average Bonchev–Trinajstić information content (AvgIpc) is 2.95. The SMILES string of the molecule is CCCCCC(CCC)CN(CC(CCC)CCCCC)C(=O)OCc1c2ccccc2cc2ccccc12. The van der Waals surface area contributed by atoms with E-state index in [4.69, 9.17) is 4.74 Å². The van der Waals surface area contributed by atoms with Gasteiger partial charge in [0.2, 0.25) is 0 Å². The maximum absolute atomic E-state index is 13.8. The van der Waals surface area contributed by atoms with E-state index in [1.54, 1.807) is 0 Å². The lowest BCUT2D eigenvalue weighted by atomic mass is 9.93. The lowest BCUT2D eigenvalue weighted by Crippen LogP contribution is -2.39. The molecule has 3 aromatic carbocycles. The monoisotopic (exact) mass is 531 g/mol. The van der Waals surface area contributed by atoms with Gasteiger partial charge in [-0.3, -0.25) is 0 Å². The molecule has 0 aliphatic carbocycles. The van der Waals surface area contributed by atoms with E-state index < -0.39 is 0 Å². The lowest BCUT2D eigenvalue weighted by Gasteiger charge is -2.31. The molecule has 0 aliphatic rings. The van der Waals surface area contributed by atoms with Gasteiger partial charge in [-0.25, -0.2) is 4.79 Å². The zero-order valence-corrected chi connectivity index (χ0v) is 25.2. The molecule has 0 spiro atoms. The van der Waals surface area contributed by atoms with E-state index in [2.05, 4.69) is 87.2 Å². The number of hydrogen-bond acceptors (Lipinski definition) is 2. The van der Waals surface area contributed by atoms with Crippen LogP contribution in [0.4, 0.5) is 4.79 Å². The number of amides is 1. The second-order valence-electron chi connectivity index (χ2n) is 11.6. The molecule has 2 atom stereocenters. The topological polar surface area (TPSA) is 29.5 Å². The van der Waals surface area contributed by atoms with E-state index in [0.29, 0.717) is 18.4 Å². The first kappa shape index (κ1) is 31.0. The van der Waals surface area contributed by atoms with Crippen LogP contribution in [0.3, 0.4) is 0 Å². The molecule has 1 amide bonds. The molecule has 3 nitrogen and oxygen atoms in total. The number of carbonyl (C=O) groups is 1. The van der Waals surface area contributed by atoms with Crippen LogP contribution in [0.25, 0.3) is 21.5 Å². The van der Waals surface area contributed by atoms with Gasteiger partial charge in [-0.05, 0) is 65.1 Å². The quantitative estimate of drug-likeness (QED) is 0.121. The molecule has 0 aliphatic heterocycles. The zero-order valence-electron chi connectivity index (χ0n) is 25.2. The Labute approximate surface area is 238 Å². The molecular weight excluding hydrogens is 478 g/mol. The van der Waals surface area contributed by atoms with Crippen molar-refractivity contribution in [2.24, 2.45) is 11.8 Å². The first-order chi connectivity index (χ1) is 19.1. The second kappa shape index (κ2) is 17.2. The first-order valence-electron chi connectivity index (χ1n) is 15.9. The van der Waals surface area contributed by atoms with Gasteiger partial charge >= 0.3 is 6.09 Å². The van der Waals surface area contributed by atoms with Crippen molar-refractivity contribution in [3.05, 3.63) is 60.2 Å². The minimum Gasteiger partial charge on any atom is -0.444 e. The third-order valence-corrected chi connectivity index (χ3v) is 8.26. The molecule has 214 valence electrons. The van der Waals surface area contributed by atoms with Crippen molar-refractivity contribution < 1.29 is 9.53 Å². The standard InChI is InChI=1S/C36H53NO2/c1-5-9-11-19-29(17-7-3)26-37(27-30(18-8-4)20-12-10-6-2)36(38)39-28-35-33-23-15-13-21-31(33)25-32-22-14-16-24-34(32)35/h13-16,21-25,29-30H,5-12,17-20,26-28H2,1-4H3. The molecule has 0 N–H and O–H groups in total. The second-order valence-corrected chi connectivity index (χ2v) is 11.6. The maximum atomic E-state index is 13.8. The third-order valence-electron chi connectivity index (χ3n) is 8.26. The molecule has 0 saturated heterocycles. The van der Waals surface area contributed by atoms with Gasteiger partial charge in [0.1, 0.15) is 6.61 Å². The summed E-state index contributed by atoms with van der Waals surface area (Å²) in [5.74, 6) is 1.09. The van der Waals surface area contributed by atoms with Gasteiger partial charge in [0, 0.05) is 18.7 Å². The van der Waals surface area contributed by atoms with Crippen LogP contribution in [0.2, 0.25) is 0 Å². The minimum atomic E-state index is -0.139. The van der Waals surface area contributed by atoms with Crippen LogP contribution in [0.15, 0.2) is 54.6 Å². The van der Waals surface area contributed by atoms with Gasteiger partial charge in [-0.15, -0.1) is 0 Å². The summed E-state index contributed by atoms with van der Waals surface area (Å²) in [4.78, 5) is 15.9. The van der Waals surface area contributed by atoms with Crippen molar-refractivity contribution in [1.29, 1.82) is 0 Å². The highest BCUT2D eigenvalue weighted by Crippen LogP contribution is 2.30. The number of carbonyl (C=O) groups excluding carboxylic acids is 1. The zero-order chi connectivity index (χ0) is 27.9. The summed E-state index contributed by atoms with van der Waals surface area (Å²) >= 11 is 0. The molecule has 0 aromatic heterocycles. The van der Waals surface area contributed by atoms with Crippen LogP contribution in [-0.2, 0) is 11.3 Å². The molecule has 2 unspecified atom stereocenters. The number of unbranched alkanes of at least 4 members (excludes halogenated alkanes) is 4. The Bertz CT molecular complexity index is 1050. The van der Waals surface area contributed by atoms with E-state index >= 15 is 0 Å². The first-order valence-corrected chi connectivity index (χ1v) is 15.9. The van der Waals surface area contributed by atoms with Gasteiger partial charge < -0.3 is 9.64 Å². The fourth-order valence-electron chi connectivity index (χ4n) is 6.17. The maximum Gasteiger partial charge on any atom is 0.410 e. The summed E-state index contributed by atoms with van der Waals surface area (Å²) in [5.41, 5.74) is 1.11. The molecule has 0 bridgehead atoms. The lowest BCUT2D eigenvalue weighted by molar-refractivity contribution is 0.0808. The number of rotatable bonds is 18. The Hall–Kier alpha value is -2.55. The van der Waals surface area contributed by atoms with E-state index in [-0.39, 0.29) is 6.09 Å². The highest BCUT2D eigenvalue weighted by atomic mass is 16.6. The number of benzene rings is 3. The number of nitrogens with zero attached hydrogens (tertiary/aromatic N) is 1.